The molecular weight excluding hydrogens is 486 g/mol. The molecule has 1 saturated heterocycles. The summed E-state index contributed by atoms with van der Waals surface area (Å²) >= 11 is 1.41. The van der Waals surface area contributed by atoms with Gasteiger partial charge >= 0.3 is 0 Å². The first-order valence-corrected chi connectivity index (χ1v) is 13.4. The number of hydrogen-bond acceptors (Lipinski definition) is 6. The molecule has 0 aromatic heterocycles. The van der Waals surface area contributed by atoms with E-state index in [2.05, 4.69) is 14.9 Å². The first kappa shape index (κ1) is 26.5. The highest BCUT2D eigenvalue weighted by molar-refractivity contribution is 8.00. The van der Waals surface area contributed by atoms with Crippen molar-refractivity contribution in [2.75, 3.05) is 35.1 Å². The van der Waals surface area contributed by atoms with Crippen molar-refractivity contribution in [3.8, 4) is 0 Å². The molecule has 3 fully saturated rings. The van der Waals surface area contributed by atoms with Gasteiger partial charge < -0.3 is 24.9 Å². The lowest BCUT2D eigenvalue weighted by molar-refractivity contribution is -0.136. The van der Waals surface area contributed by atoms with Gasteiger partial charge in [0.2, 0.25) is 6.41 Å². The molecule has 1 aromatic carbocycles. The zero-order valence-electron chi connectivity index (χ0n) is 20.5. The Morgan fingerprint density at radius 3 is 2.58 bits per heavy atom. The van der Waals surface area contributed by atoms with Crippen LogP contribution in [0.1, 0.15) is 55.8 Å². The van der Waals surface area contributed by atoms with Crippen LogP contribution in [0.3, 0.4) is 0 Å². The first-order valence-electron chi connectivity index (χ1n) is 12.4. The summed E-state index contributed by atoms with van der Waals surface area (Å²) in [7, 11) is 0. The number of carbonyl (C=O) groups is 2. The van der Waals surface area contributed by atoms with E-state index in [9.17, 15) is 18.4 Å². The maximum atomic E-state index is 13.2. The van der Waals surface area contributed by atoms with Crippen LogP contribution in [0.15, 0.2) is 42.2 Å². The van der Waals surface area contributed by atoms with Crippen molar-refractivity contribution in [2.24, 2.45) is 5.41 Å². The Kier molecular flexibility index (Phi) is 8.24. The van der Waals surface area contributed by atoms with E-state index in [1.165, 1.54) is 35.9 Å². The summed E-state index contributed by atoms with van der Waals surface area (Å²) in [6, 6.07) is 5.15. The molecule has 1 aliphatic heterocycles. The summed E-state index contributed by atoms with van der Waals surface area (Å²) in [6.45, 7) is 3.64. The summed E-state index contributed by atoms with van der Waals surface area (Å²) < 4.78 is 29.4. The Balaban J connectivity index is 1.42. The van der Waals surface area contributed by atoms with Crippen molar-refractivity contribution in [3.05, 3.63) is 47.8 Å². The molecule has 0 atom stereocenters. The topological polar surface area (TPSA) is 84.9 Å². The summed E-state index contributed by atoms with van der Waals surface area (Å²) in [6.07, 6.45) is 9.42. The van der Waals surface area contributed by atoms with Crippen LogP contribution in [-0.4, -0.2) is 59.7 Å². The van der Waals surface area contributed by atoms with E-state index in [0.29, 0.717) is 28.8 Å². The molecule has 0 bridgehead atoms. The molecule has 2 saturated carbocycles. The highest BCUT2D eigenvalue weighted by Crippen LogP contribution is 2.54. The number of nitrogens with zero attached hydrogens (tertiary/aromatic N) is 2. The molecule has 36 heavy (non-hydrogen) atoms. The zero-order valence-corrected chi connectivity index (χ0v) is 21.3. The maximum absolute atomic E-state index is 13.2. The van der Waals surface area contributed by atoms with Crippen LogP contribution in [0, 0.1) is 5.41 Å². The zero-order chi connectivity index (χ0) is 25.8. The van der Waals surface area contributed by atoms with Crippen LogP contribution in [0.4, 0.5) is 20.2 Å². The molecular formula is C26H34F2N4O3S. The monoisotopic (exact) mass is 520 g/mol. The van der Waals surface area contributed by atoms with Gasteiger partial charge in [0.25, 0.3) is 11.8 Å². The van der Waals surface area contributed by atoms with Gasteiger partial charge in [0.05, 0.1) is 17.9 Å². The smallest absolute Gasteiger partial charge is 0.257 e. The van der Waals surface area contributed by atoms with Gasteiger partial charge in [-0.3, -0.25) is 9.59 Å². The lowest BCUT2D eigenvalue weighted by Gasteiger charge is -2.39. The van der Waals surface area contributed by atoms with Gasteiger partial charge in [-0.05, 0) is 68.4 Å². The summed E-state index contributed by atoms with van der Waals surface area (Å²) in [5, 5.41) is 11.9. The fourth-order valence-electron chi connectivity index (χ4n) is 4.79. The maximum Gasteiger partial charge on any atom is 0.257 e. The number of hydrogen-bond donors (Lipinski definition) is 3. The highest BCUT2D eigenvalue weighted by Gasteiger charge is 2.47. The van der Waals surface area contributed by atoms with E-state index in [0.717, 1.165) is 37.3 Å². The number of anilines is 2. The third-order valence-corrected chi connectivity index (χ3v) is 8.04. The summed E-state index contributed by atoms with van der Waals surface area (Å²) in [4.78, 5) is 28.0. The lowest BCUT2D eigenvalue weighted by Crippen LogP contribution is -2.48. The molecule has 1 aromatic rings. The minimum atomic E-state index is -2.70. The Bertz CT molecular complexity index is 1010. The van der Waals surface area contributed by atoms with Crippen molar-refractivity contribution in [2.45, 2.75) is 57.4 Å². The third kappa shape index (κ3) is 6.59. The van der Waals surface area contributed by atoms with Gasteiger partial charge in [0.1, 0.15) is 0 Å². The first-order chi connectivity index (χ1) is 17.2. The van der Waals surface area contributed by atoms with Crippen LogP contribution in [0.25, 0.3) is 0 Å². The van der Waals surface area contributed by atoms with E-state index in [1.807, 2.05) is 18.2 Å². The largest absolute Gasteiger partial charge is 0.395 e. The van der Waals surface area contributed by atoms with Crippen LogP contribution in [0.2, 0.25) is 0 Å². The second-order valence-electron chi connectivity index (χ2n) is 10.0. The van der Waals surface area contributed by atoms with Crippen LogP contribution >= 0.6 is 11.9 Å². The fraction of sp³-hybridized carbons (Fsp3) is 0.538. The van der Waals surface area contributed by atoms with Crippen molar-refractivity contribution >= 4 is 35.6 Å². The van der Waals surface area contributed by atoms with Crippen molar-refractivity contribution in [1.82, 2.24) is 10.2 Å². The predicted octanol–water partition coefficient (Wildman–Crippen LogP) is 4.52. The van der Waals surface area contributed by atoms with Crippen molar-refractivity contribution < 1.29 is 23.5 Å². The standard InChI is InChI=1S/C26H34F2N4O3S/c1-19(3-2-10-32(18-34)21-16-26(27,28)17-21)29-24(35)22-5-4-20(30-36-14-13-33)15-23(22)31-11-8-25(6-7-25)9-12-31/h2-5,10,15,18,21,30,33H,6-9,11-14,16-17H2,1H3,(H,29,35)/b10-2-,19-3+. The number of alkyl halides is 2. The minimum Gasteiger partial charge on any atom is -0.395 e. The van der Waals surface area contributed by atoms with E-state index in [1.54, 1.807) is 19.1 Å². The molecule has 0 radical (unpaired) electrons. The number of piperidine rings is 1. The molecule has 2 aliphatic carbocycles. The number of aliphatic hydroxyl groups is 1. The van der Waals surface area contributed by atoms with E-state index in [-0.39, 0.29) is 25.4 Å². The average molecular weight is 521 g/mol. The number of rotatable bonds is 11. The molecule has 3 N–H and O–H groups in total. The predicted molar refractivity (Wildman–Crippen MR) is 139 cm³/mol. The number of aliphatic hydroxyl groups excluding tert-OH is 1. The average Bonchev–Trinajstić information content (AvgIpc) is 3.59. The van der Waals surface area contributed by atoms with E-state index in [4.69, 9.17) is 5.11 Å². The van der Waals surface area contributed by atoms with Gasteiger partial charge in [0.15, 0.2) is 0 Å². The fourth-order valence-corrected chi connectivity index (χ4v) is 5.27. The molecule has 1 spiro atoms. The van der Waals surface area contributed by atoms with E-state index < -0.39 is 12.0 Å². The normalized spacial score (nSPS) is 20.8. The number of carbonyl (C=O) groups excluding carboxylic acids is 2. The molecule has 3 aliphatic rings. The molecule has 4 rings (SSSR count). The minimum absolute atomic E-state index is 0.0804. The van der Waals surface area contributed by atoms with Crippen LogP contribution < -0.4 is 14.9 Å². The van der Waals surface area contributed by atoms with Gasteiger partial charge in [-0.25, -0.2) is 8.78 Å². The molecule has 0 unspecified atom stereocenters. The van der Waals surface area contributed by atoms with Crippen molar-refractivity contribution in [1.29, 1.82) is 0 Å². The van der Waals surface area contributed by atoms with Crippen LogP contribution in [-0.2, 0) is 4.79 Å². The van der Waals surface area contributed by atoms with Gasteiger partial charge in [0, 0.05) is 55.3 Å². The number of nitrogens with one attached hydrogen (secondary N) is 2. The van der Waals surface area contributed by atoms with E-state index >= 15 is 0 Å². The lowest BCUT2D eigenvalue weighted by atomic mass is 9.87. The second-order valence-corrected chi connectivity index (χ2v) is 10.9. The molecule has 1 heterocycles. The molecule has 2 amide bonds. The highest BCUT2D eigenvalue weighted by atomic mass is 32.2. The van der Waals surface area contributed by atoms with Crippen molar-refractivity contribution in [3.63, 3.8) is 0 Å². The number of benzene rings is 1. The Morgan fingerprint density at radius 2 is 1.97 bits per heavy atom. The van der Waals surface area contributed by atoms with Gasteiger partial charge in [-0.15, -0.1) is 0 Å². The molecule has 196 valence electrons. The number of amides is 2. The molecule has 7 nitrogen and oxygen atoms in total. The quantitative estimate of drug-likeness (QED) is 0.172. The number of allylic oxidation sites excluding steroid dienone is 3. The third-order valence-electron chi connectivity index (χ3n) is 7.27. The Morgan fingerprint density at radius 1 is 1.25 bits per heavy atom. The van der Waals surface area contributed by atoms with Crippen LogP contribution in [0.5, 0.6) is 0 Å². The SMILES string of the molecule is C/C(=C\C=C/N(C=O)C1CC(F)(F)C1)NC(=O)c1ccc(NSCCO)cc1N1CCC2(CC1)CC2. The van der Waals surface area contributed by atoms with Gasteiger partial charge in [-0.1, -0.05) is 11.9 Å². The Hall–Kier alpha value is -2.59. The van der Waals surface area contributed by atoms with Gasteiger partial charge in [-0.2, -0.15) is 0 Å². The summed E-state index contributed by atoms with van der Waals surface area (Å²) in [5.74, 6) is -2.38. The number of halogens is 2. The second kappa shape index (κ2) is 11.2. The summed E-state index contributed by atoms with van der Waals surface area (Å²) in [5.41, 5.74) is 3.41. The Labute approximate surface area is 215 Å². The molecule has 10 heteroatoms.